The van der Waals surface area contributed by atoms with E-state index in [1.54, 1.807) is 0 Å². The molecule has 2 aromatic carbocycles. The van der Waals surface area contributed by atoms with E-state index in [0.717, 1.165) is 22.5 Å². The van der Waals surface area contributed by atoms with Crippen molar-refractivity contribution in [2.75, 3.05) is 35.8 Å². The summed E-state index contributed by atoms with van der Waals surface area (Å²) in [7, 11) is 3.92. The SMILES string of the molecule is CC(=O)N(CC(=O)Nc1ccc(N(C)C)cc1)c1c(C)cccc1C. The zero-order valence-electron chi connectivity index (χ0n) is 15.5. The molecule has 2 amide bonds. The number of anilines is 3. The molecule has 0 radical (unpaired) electrons. The molecule has 0 aliphatic rings. The van der Waals surface area contributed by atoms with Gasteiger partial charge in [0.25, 0.3) is 0 Å². The summed E-state index contributed by atoms with van der Waals surface area (Å²) in [5.74, 6) is -0.383. The van der Waals surface area contributed by atoms with Gasteiger partial charge < -0.3 is 15.1 Å². The smallest absolute Gasteiger partial charge is 0.244 e. The highest BCUT2D eigenvalue weighted by Crippen LogP contribution is 2.25. The molecule has 0 unspecified atom stereocenters. The number of hydrogen-bond acceptors (Lipinski definition) is 3. The van der Waals surface area contributed by atoms with Crippen molar-refractivity contribution in [3.05, 3.63) is 53.6 Å². The number of nitrogens with zero attached hydrogens (tertiary/aromatic N) is 2. The number of amides is 2. The highest BCUT2D eigenvalue weighted by Gasteiger charge is 2.19. The van der Waals surface area contributed by atoms with Crippen LogP contribution in [-0.4, -0.2) is 32.5 Å². The Bertz CT molecular complexity index is 747. The second kappa shape index (κ2) is 7.83. The lowest BCUT2D eigenvalue weighted by Crippen LogP contribution is -2.37. The molecular formula is C20H25N3O2. The summed E-state index contributed by atoms with van der Waals surface area (Å²) in [4.78, 5) is 28.0. The number of para-hydroxylation sites is 1. The monoisotopic (exact) mass is 339 g/mol. The molecule has 0 saturated heterocycles. The predicted octanol–water partition coefficient (Wildman–Crippen LogP) is 3.36. The van der Waals surface area contributed by atoms with Gasteiger partial charge >= 0.3 is 0 Å². The van der Waals surface area contributed by atoms with Crippen molar-refractivity contribution >= 4 is 28.9 Å². The van der Waals surface area contributed by atoms with Crippen LogP contribution in [0.25, 0.3) is 0 Å². The van der Waals surface area contributed by atoms with E-state index in [4.69, 9.17) is 0 Å². The molecule has 0 aliphatic carbocycles. The summed E-state index contributed by atoms with van der Waals surface area (Å²) in [5, 5.41) is 2.85. The van der Waals surface area contributed by atoms with E-state index in [1.165, 1.54) is 11.8 Å². The fourth-order valence-corrected chi connectivity index (χ4v) is 2.77. The van der Waals surface area contributed by atoms with Crippen molar-refractivity contribution < 1.29 is 9.59 Å². The molecule has 0 heterocycles. The van der Waals surface area contributed by atoms with Gasteiger partial charge in [-0.15, -0.1) is 0 Å². The first-order valence-corrected chi connectivity index (χ1v) is 8.21. The highest BCUT2D eigenvalue weighted by atomic mass is 16.2. The van der Waals surface area contributed by atoms with Crippen LogP contribution in [0.2, 0.25) is 0 Å². The molecule has 0 saturated carbocycles. The summed E-state index contributed by atoms with van der Waals surface area (Å²) in [5.41, 5.74) is 4.50. The molecule has 0 aliphatic heterocycles. The fraction of sp³-hybridized carbons (Fsp3) is 0.300. The van der Waals surface area contributed by atoms with Crippen LogP contribution in [0.15, 0.2) is 42.5 Å². The minimum absolute atomic E-state index is 0.0174. The maximum atomic E-state index is 12.4. The van der Waals surface area contributed by atoms with Crippen molar-refractivity contribution in [3.63, 3.8) is 0 Å². The summed E-state index contributed by atoms with van der Waals surface area (Å²) in [6.07, 6.45) is 0. The van der Waals surface area contributed by atoms with Crippen LogP contribution in [0.3, 0.4) is 0 Å². The third kappa shape index (κ3) is 4.59. The van der Waals surface area contributed by atoms with Gasteiger partial charge in [-0.3, -0.25) is 9.59 Å². The third-order valence-corrected chi connectivity index (χ3v) is 4.06. The fourth-order valence-electron chi connectivity index (χ4n) is 2.77. The molecule has 2 rings (SSSR count). The second-order valence-electron chi connectivity index (χ2n) is 6.34. The van der Waals surface area contributed by atoms with Gasteiger partial charge in [0.1, 0.15) is 6.54 Å². The molecule has 0 fully saturated rings. The van der Waals surface area contributed by atoms with E-state index in [1.807, 2.05) is 75.3 Å². The van der Waals surface area contributed by atoms with Gasteiger partial charge in [-0.05, 0) is 49.2 Å². The van der Waals surface area contributed by atoms with E-state index in [9.17, 15) is 9.59 Å². The minimum Gasteiger partial charge on any atom is -0.378 e. The van der Waals surface area contributed by atoms with Crippen molar-refractivity contribution in [2.45, 2.75) is 20.8 Å². The molecule has 0 atom stereocenters. The van der Waals surface area contributed by atoms with Crippen molar-refractivity contribution in [1.29, 1.82) is 0 Å². The number of nitrogens with one attached hydrogen (secondary N) is 1. The van der Waals surface area contributed by atoms with Gasteiger partial charge in [-0.1, -0.05) is 18.2 Å². The van der Waals surface area contributed by atoms with Crippen molar-refractivity contribution in [1.82, 2.24) is 0 Å². The molecule has 5 nitrogen and oxygen atoms in total. The largest absolute Gasteiger partial charge is 0.378 e. The molecule has 0 aromatic heterocycles. The van der Waals surface area contributed by atoms with E-state index in [0.29, 0.717) is 5.69 Å². The molecule has 1 N–H and O–H groups in total. The van der Waals surface area contributed by atoms with Gasteiger partial charge in [-0.25, -0.2) is 0 Å². The minimum atomic E-state index is -0.226. The Kier molecular flexibility index (Phi) is 5.80. The zero-order valence-corrected chi connectivity index (χ0v) is 15.5. The average Bonchev–Trinajstić information content (AvgIpc) is 2.54. The van der Waals surface area contributed by atoms with E-state index >= 15 is 0 Å². The summed E-state index contributed by atoms with van der Waals surface area (Å²) in [6.45, 7) is 5.34. The summed E-state index contributed by atoms with van der Waals surface area (Å²) >= 11 is 0. The number of benzene rings is 2. The number of hydrogen-bond donors (Lipinski definition) is 1. The van der Waals surface area contributed by atoms with Crippen molar-refractivity contribution in [2.24, 2.45) is 0 Å². The first-order valence-electron chi connectivity index (χ1n) is 8.21. The molecule has 2 aromatic rings. The Labute approximate surface area is 149 Å². The number of aryl methyl sites for hydroxylation is 2. The first-order chi connectivity index (χ1) is 11.8. The third-order valence-electron chi connectivity index (χ3n) is 4.06. The summed E-state index contributed by atoms with van der Waals surface area (Å²) < 4.78 is 0. The lowest BCUT2D eigenvalue weighted by Gasteiger charge is -2.24. The Morgan fingerprint density at radius 2 is 1.52 bits per heavy atom. The van der Waals surface area contributed by atoms with Gasteiger partial charge in [0.15, 0.2) is 0 Å². The Morgan fingerprint density at radius 3 is 2.00 bits per heavy atom. The van der Waals surface area contributed by atoms with E-state index < -0.39 is 0 Å². The quantitative estimate of drug-likeness (QED) is 0.909. The van der Waals surface area contributed by atoms with Gasteiger partial charge in [-0.2, -0.15) is 0 Å². The lowest BCUT2D eigenvalue weighted by molar-refractivity contribution is -0.120. The van der Waals surface area contributed by atoms with Gasteiger partial charge in [0.05, 0.1) is 5.69 Å². The predicted molar refractivity (Wildman–Crippen MR) is 103 cm³/mol. The van der Waals surface area contributed by atoms with Gasteiger partial charge in [0.2, 0.25) is 11.8 Å². The number of carbonyl (C=O) groups is 2. The Morgan fingerprint density at radius 1 is 0.960 bits per heavy atom. The zero-order chi connectivity index (χ0) is 18.6. The lowest BCUT2D eigenvalue weighted by atomic mass is 10.1. The van der Waals surface area contributed by atoms with Crippen LogP contribution >= 0.6 is 0 Å². The van der Waals surface area contributed by atoms with Crippen LogP contribution in [0.4, 0.5) is 17.1 Å². The summed E-state index contributed by atoms with van der Waals surface area (Å²) in [6, 6.07) is 13.4. The molecule has 25 heavy (non-hydrogen) atoms. The Hall–Kier alpha value is -2.82. The van der Waals surface area contributed by atoms with Crippen LogP contribution in [0.5, 0.6) is 0 Å². The Balaban J connectivity index is 2.14. The second-order valence-corrected chi connectivity index (χ2v) is 6.34. The van der Waals surface area contributed by atoms with Crippen molar-refractivity contribution in [3.8, 4) is 0 Å². The van der Waals surface area contributed by atoms with Gasteiger partial charge in [0, 0.05) is 32.4 Å². The van der Waals surface area contributed by atoms with Crippen LogP contribution in [-0.2, 0) is 9.59 Å². The van der Waals surface area contributed by atoms with Crippen LogP contribution in [0.1, 0.15) is 18.1 Å². The maximum Gasteiger partial charge on any atom is 0.244 e. The number of carbonyl (C=O) groups excluding carboxylic acids is 2. The average molecular weight is 339 g/mol. The maximum absolute atomic E-state index is 12.4. The molecular weight excluding hydrogens is 314 g/mol. The molecule has 132 valence electrons. The number of rotatable bonds is 5. The standard InChI is InChI=1S/C20H25N3O2/c1-14-7-6-8-15(2)20(14)23(16(3)24)13-19(25)21-17-9-11-18(12-10-17)22(4)5/h6-12H,13H2,1-5H3,(H,21,25). The normalized spacial score (nSPS) is 10.3. The van der Waals surface area contributed by atoms with Crippen LogP contribution < -0.4 is 15.1 Å². The van der Waals surface area contributed by atoms with E-state index in [-0.39, 0.29) is 18.4 Å². The molecule has 5 heteroatoms. The highest BCUT2D eigenvalue weighted by molar-refractivity contribution is 6.02. The molecule has 0 spiro atoms. The topological polar surface area (TPSA) is 52.7 Å². The first kappa shape index (κ1) is 18.5. The molecule has 0 bridgehead atoms. The van der Waals surface area contributed by atoms with E-state index in [2.05, 4.69) is 5.32 Å². The van der Waals surface area contributed by atoms with Crippen LogP contribution in [0, 0.1) is 13.8 Å².